The quantitative estimate of drug-likeness (QED) is 0.108. The van der Waals surface area contributed by atoms with Crippen molar-refractivity contribution in [1.82, 2.24) is 19.5 Å². The van der Waals surface area contributed by atoms with Gasteiger partial charge >= 0.3 is 5.97 Å². The highest BCUT2D eigenvalue weighted by Gasteiger charge is 2.23. The summed E-state index contributed by atoms with van der Waals surface area (Å²) in [6.07, 6.45) is 8.94. The van der Waals surface area contributed by atoms with E-state index in [1.165, 1.54) is 0 Å². The number of rotatable bonds is 10. The third kappa shape index (κ3) is 7.24. The van der Waals surface area contributed by atoms with Gasteiger partial charge in [0.2, 0.25) is 5.95 Å². The van der Waals surface area contributed by atoms with Crippen molar-refractivity contribution in [2.24, 2.45) is 5.73 Å². The maximum Gasteiger partial charge on any atom is 0.323 e. The first-order valence-electron chi connectivity index (χ1n) is 14.8. The lowest BCUT2D eigenvalue weighted by Crippen LogP contribution is -2.34. The molecular formula is C33H37ClN6O4. The number of fused-ring (bicyclic) bond motifs is 1. The van der Waals surface area contributed by atoms with Crippen molar-refractivity contribution in [2.45, 2.75) is 71.1 Å². The number of hydrogen-bond donors (Lipinski definition) is 2. The largest absolute Gasteiger partial charge is 0.496 e. The molecule has 1 atom stereocenters. The molecule has 1 fully saturated rings. The van der Waals surface area contributed by atoms with Gasteiger partial charge in [-0.1, -0.05) is 23.4 Å². The van der Waals surface area contributed by atoms with E-state index in [9.17, 15) is 4.79 Å². The van der Waals surface area contributed by atoms with E-state index in [0.717, 1.165) is 53.8 Å². The molecule has 0 bridgehead atoms. The van der Waals surface area contributed by atoms with Crippen LogP contribution in [0.15, 0.2) is 36.7 Å². The number of pyridine rings is 1. The number of carbonyl (C=O) groups is 1. The highest BCUT2D eigenvalue weighted by atomic mass is 35.5. The molecule has 1 aliphatic carbocycles. The molecular weight excluding hydrogens is 580 g/mol. The molecule has 0 spiro atoms. The monoisotopic (exact) mass is 616 g/mol. The molecule has 10 nitrogen and oxygen atoms in total. The van der Waals surface area contributed by atoms with Gasteiger partial charge in [0.25, 0.3) is 0 Å². The van der Waals surface area contributed by atoms with Crippen LogP contribution in [-0.4, -0.2) is 51.4 Å². The number of methoxy groups -OCH3 is 1. The summed E-state index contributed by atoms with van der Waals surface area (Å²) in [4.78, 5) is 25.4. The number of nitrogens with two attached hydrogens (primary N) is 2. The zero-order valence-electron chi connectivity index (χ0n) is 25.2. The third-order valence-electron chi connectivity index (χ3n) is 7.77. The van der Waals surface area contributed by atoms with E-state index in [2.05, 4.69) is 26.8 Å². The Labute approximate surface area is 262 Å². The van der Waals surface area contributed by atoms with Gasteiger partial charge in [-0.25, -0.2) is 4.98 Å². The first kappa shape index (κ1) is 31.1. The second kappa shape index (κ2) is 14.0. The molecule has 0 aliphatic heterocycles. The minimum Gasteiger partial charge on any atom is -0.496 e. The molecule has 0 unspecified atom stereocenters. The predicted octanol–water partition coefficient (Wildman–Crippen LogP) is 5.11. The van der Waals surface area contributed by atoms with Crippen molar-refractivity contribution < 1.29 is 19.0 Å². The number of ether oxygens (including phenoxy) is 3. The van der Waals surface area contributed by atoms with E-state index in [-0.39, 0.29) is 23.2 Å². The number of aromatic nitrogens is 4. The van der Waals surface area contributed by atoms with Crippen molar-refractivity contribution in [3.05, 3.63) is 69.8 Å². The van der Waals surface area contributed by atoms with E-state index in [1.807, 2.05) is 48.9 Å². The summed E-state index contributed by atoms with van der Waals surface area (Å²) in [7, 11) is 1.65. The molecule has 5 rings (SSSR count). The van der Waals surface area contributed by atoms with Crippen LogP contribution in [0.3, 0.4) is 0 Å². The number of benzene rings is 1. The molecule has 3 heterocycles. The van der Waals surface area contributed by atoms with Crippen LogP contribution in [0.2, 0.25) is 5.15 Å². The molecule has 1 aromatic carbocycles. The lowest BCUT2D eigenvalue weighted by Gasteiger charge is -2.15. The van der Waals surface area contributed by atoms with Crippen molar-refractivity contribution in [3.63, 3.8) is 0 Å². The maximum atomic E-state index is 12.2. The zero-order chi connectivity index (χ0) is 31.2. The van der Waals surface area contributed by atoms with Crippen molar-refractivity contribution in [1.29, 1.82) is 0 Å². The van der Waals surface area contributed by atoms with E-state index in [0.29, 0.717) is 48.3 Å². The summed E-state index contributed by atoms with van der Waals surface area (Å²) >= 11 is 6.52. The molecule has 0 saturated heterocycles. The van der Waals surface area contributed by atoms with Crippen LogP contribution in [0.4, 0.5) is 5.95 Å². The van der Waals surface area contributed by atoms with Gasteiger partial charge in [0, 0.05) is 29.1 Å². The van der Waals surface area contributed by atoms with Gasteiger partial charge in [0.05, 0.1) is 36.9 Å². The van der Waals surface area contributed by atoms with E-state index < -0.39 is 6.04 Å². The summed E-state index contributed by atoms with van der Waals surface area (Å²) in [5.41, 5.74) is 16.7. The van der Waals surface area contributed by atoms with Gasteiger partial charge in [-0.05, 0) is 76.6 Å². The molecule has 230 valence electrons. The topological polar surface area (TPSA) is 140 Å². The van der Waals surface area contributed by atoms with Crippen LogP contribution in [-0.2, 0) is 16.1 Å². The Morgan fingerprint density at radius 1 is 1.16 bits per heavy atom. The minimum absolute atomic E-state index is 0.0269. The summed E-state index contributed by atoms with van der Waals surface area (Å²) in [6, 6.07) is 6.86. The fraction of sp³-hybridized carbons (Fsp3) is 0.394. The average Bonchev–Trinajstić information content (AvgIpc) is 3.64. The Morgan fingerprint density at radius 2 is 1.91 bits per heavy atom. The molecule has 44 heavy (non-hydrogen) atoms. The molecule has 11 heteroatoms. The SMILES string of the molecule is COc1c(C)cnc(Cn2cc(C#Cc3ccc(OCCC[C@H](N)C(=O)OC4CCCC4)cc3)c3c(Cl)nc(N)nc32)c1C. The molecule has 0 amide bonds. The second-order valence-electron chi connectivity index (χ2n) is 11.0. The van der Waals surface area contributed by atoms with Crippen LogP contribution in [0.5, 0.6) is 11.5 Å². The second-order valence-corrected chi connectivity index (χ2v) is 11.4. The fourth-order valence-corrected chi connectivity index (χ4v) is 5.68. The predicted molar refractivity (Wildman–Crippen MR) is 170 cm³/mol. The van der Waals surface area contributed by atoms with E-state index in [1.54, 1.807) is 13.3 Å². The summed E-state index contributed by atoms with van der Waals surface area (Å²) in [5.74, 6) is 7.68. The van der Waals surface area contributed by atoms with Gasteiger partial charge in [0.15, 0.2) is 0 Å². The molecule has 4 N–H and O–H groups in total. The van der Waals surface area contributed by atoms with Gasteiger partial charge < -0.3 is 30.2 Å². The Kier molecular flexibility index (Phi) is 9.88. The number of carbonyl (C=O) groups excluding carboxylic acids is 1. The number of hydrogen-bond acceptors (Lipinski definition) is 9. The maximum absolute atomic E-state index is 12.2. The van der Waals surface area contributed by atoms with Crippen LogP contribution in [0.1, 0.15) is 66.5 Å². The standard InChI is InChI=1S/C33H37ClN6O4/c1-20-17-37-27(21(2)29(20)42-3)19-40-18-23(28-30(34)38-33(36)39-31(28)40)13-10-22-11-14-24(15-12-22)43-16-6-9-26(35)32(41)44-25-7-4-5-8-25/h11-12,14-15,17-18,25-26H,4-9,16,19,35H2,1-3H3,(H2,36,38,39)/t26-/m0/s1. The highest BCUT2D eigenvalue weighted by Crippen LogP contribution is 2.29. The van der Waals surface area contributed by atoms with Crippen LogP contribution in [0.25, 0.3) is 11.0 Å². The van der Waals surface area contributed by atoms with Crippen LogP contribution in [0, 0.1) is 25.7 Å². The summed E-state index contributed by atoms with van der Waals surface area (Å²) < 4.78 is 18.8. The number of esters is 1. The van der Waals surface area contributed by atoms with Crippen molar-refractivity contribution in [2.75, 3.05) is 19.5 Å². The van der Waals surface area contributed by atoms with Gasteiger partial charge in [-0.15, -0.1) is 0 Å². The molecule has 4 aromatic rings. The highest BCUT2D eigenvalue weighted by molar-refractivity contribution is 6.34. The first-order valence-corrected chi connectivity index (χ1v) is 15.1. The van der Waals surface area contributed by atoms with Crippen molar-refractivity contribution >= 4 is 34.6 Å². The Hall–Kier alpha value is -4.33. The minimum atomic E-state index is -0.627. The number of halogens is 1. The first-order chi connectivity index (χ1) is 21.2. The van der Waals surface area contributed by atoms with Crippen LogP contribution < -0.4 is 20.9 Å². The Bertz CT molecular complexity index is 1700. The molecule has 1 aliphatic rings. The normalized spacial score (nSPS) is 13.8. The third-order valence-corrected chi connectivity index (χ3v) is 8.04. The fourth-order valence-electron chi connectivity index (χ4n) is 5.41. The summed E-state index contributed by atoms with van der Waals surface area (Å²) in [6.45, 7) is 4.80. The molecule has 1 saturated carbocycles. The lowest BCUT2D eigenvalue weighted by atomic mass is 10.1. The molecule has 0 radical (unpaired) electrons. The lowest BCUT2D eigenvalue weighted by molar-refractivity contribution is -0.150. The smallest absolute Gasteiger partial charge is 0.323 e. The number of nitrogens with zero attached hydrogens (tertiary/aromatic N) is 4. The summed E-state index contributed by atoms with van der Waals surface area (Å²) in [5, 5.41) is 0.854. The number of aryl methyl sites for hydroxylation is 1. The van der Waals surface area contributed by atoms with E-state index in [4.69, 9.17) is 37.3 Å². The van der Waals surface area contributed by atoms with Crippen LogP contribution >= 0.6 is 11.6 Å². The van der Waals surface area contributed by atoms with E-state index >= 15 is 0 Å². The molecule has 3 aromatic heterocycles. The Morgan fingerprint density at radius 3 is 2.64 bits per heavy atom. The average molecular weight is 617 g/mol. The number of anilines is 1. The van der Waals surface area contributed by atoms with Gasteiger partial charge in [-0.3, -0.25) is 9.78 Å². The number of nitrogen functional groups attached to an aromatic ring is 1. The Balaban J connectivity index is 1.24. The van der Waals surface area contributed by atoms with Gasteiger partial charge in [-0.2, -0.15) is 4.98 Å². The zero-order valence-corrected chi connectivity index (χ0v) is 26.0. The van der Waals surface area contributed by atoms with Crippen molar-refractivity contribution in [3.8, 4) is 23.3 Å². The van der Waals surface area contributed by atoms with Gasteiger partial charge in [0.1, 0.15) is 34.4 Å².